The van der Waals surface area contributed by atoms with Crippen molar-refractivity contribution in [2.45, 2.75) is 4.90 Å². The van der Waals surface area contributed by atoms with Crippen LogP contribution in [0.4, 0.5) is 0 Å². The summed E-state index contributed by atoms with van der Waals surface area (Å²) in [6, 6.07) is 8.11. The lowest BCUT2D eigenvalue weighted by molar-refractivity contribution is -0.122. The highest BCUT2D eigenvalue weighted by molar-refractivity contribution is 7.89. The molecule has 0 radical (unpaired) electrons. The zero-order chi connectivity index (χ0) is 20.5. The van der Waals surface area contributed by atoms with Crippen LogP contribution in [0.15, 0.2) is 41.3 Å². The Hall–Kier alpha value is -2.31. The van der Waals surface area contributed by atoms with E-state index in [0.29, 0.717) is 0 Å². The summed E-state index contributed by atoms with van der Waals surface area (Å²) < 4.78 is 41.0. The summed E-state index contributed by atoms with van der Waals surface area (Å²) in [5.41, 5.74) is -0.0264. The molecular weight excluding hydrogens is 413 g/mol. The van der Waals surface area contributed by atoms with Crippen molar-refractivity contribution < 1.29 is 19.3 Å². The molecule has 0 aromatic heterocycles. The maximum absolute atomic E-state index is 13.1. The Morgan fingerprint density at radius 3 is 2.59 bits per heavy atom. The fourth-order valence-electron chi connectivity index (χ4n) is 2.46. The molecule has 0 unspecified atom stereocenters. The molecule has 1 amide bonds. The zero-order valence-corrected chi connectivity index (χ0v) is 16.0. The maximum Gasteiger partial charge on any atom is 0.247 e. The highest BCUT2D eigenvalue weighted by atomic mass is 35.5. The SMILES string of the molecule is [2H]c1cc(C#N)cc(S(=O)(=O)N2CCNC(=O)C2)c1Oc1cc(Cl)cc(Cl)c1. The molecule has 2 aromatic rings. The van der Waals surface area contributed by atoms with Crippen molar-refractivity contribution in [3.05, 3.63) is 52.0 Å². The number of piperazine rings is 1. The van der Waals surface area contributed by atoms with E-state index < -0.39 is 15.9 Å². The van der Waals surface area contributed by atoms with E-state index in [4.69, 9.17) is 29.3 Å². The van der Waals surface area contributed by atoms with Crippen LogP contribution in [0, 0.1) is 11.3 Å². The number of carbonyl (C=O) groups excluding carboxylic acids is 1. The summed E-state index contributed by atoms with van der Waals surface area (Å²) in [6.45, 7) is -0.153. The van der Waals surface area contributed by atoms with Crippen LogP contribution >= 0.6 is 23.2 Å². The van der Waals surface area contributed by atoms with Gasteiger partial charge in [0, 0.05) is 23.1 Å². The highest BCUT2D eigenvalue weighted by Gasteiger charge is 2.32. The van der Waals surface area contributed by atoms with E-state index in [1.165, 1.54) is 24.3 Å². The number of hydrogen-bond acceptors (Lipinski definition) is 5. The summed E-state index contributed by atoms with van der Waals surface area (Å²) >= 11 is 11.9. The van der Waals surface area contributed by atoms with Gasteiger partial charge in [0.05, 0.1) is 19.5 Å². The first-order valence-corrected chi connectivity index (χ1v) is 9.86. The summed E-state index contributed by atoms with van der Waals surface area (Å²) in [6.07, 6.45) is 0. The van der Waals surface area contributed by atoms with E-state index in [-0.39, 0.29) is 57.7 Å². The van der Waals surface area contributed by atoms with Crippen LogP contribution in [0.1, 0.15) is 6.93 Å². The number of nitriles is 1. The van der Waals surface area contributed by atoms with E-state index in [9.17, 15) is 18.5 Å². The Morgan fingerprint density at radius 1 is 1.26 bits per heavy atom. The summed E-state index contributed by atoms with van der Waals surface area (Å²) in [7, 11) is -4.21. The molecule has 0 saturated carbocycles. The number of benzene rings is 2. The predicted molar refractivity (Wildman–Crippen MR) is 99.5 cm³/mol. The van der Waals surface area contributed by atoms with Gasteiger partial charge in [-0.3, -0.25) is 4.79 Å². The molecule has 2 aromatic carbocycles. The number of rotatable bonds is 4. The van der Waals surface area contributed by atoms with Crippen LogP contribution in [0.25, 0.3) is 0 Å². The van der Waals surface area contributed by atoms with Crippen molar-refractivity contribution >= 4 is 39.1 Å². The number of halogens is 2. The Balaban J connectivity index is 2.12. The fourth-order valence-corrected chi connectivity index (χ4v) is 4.48. The van der Waals surface area contributed by atoms with Gasteiger partial charge in [0.25, 0.3) is 0 Å². The van der Waals surface area contributed by atoms with Crippen LogP contribution in [-0.4, -0.2) is 38.3 Å². The van der Waals surface area contributed by atoms with Gasteiger partial charge in [-0.25, -0.2) is 8.42 Å². The summed E-state index contributed by atoms with van der Waals surface area (Å²) in [5.74, 6) is -0.603. The van der Waals surface area contributed by atoms with E-state index in [2.05, 4.69) is 5.32 Å². The molecule has 0 bridgehead atoms. The summed E-state index contributed by atoms with van der Waals surface area (Å²) in [5, 5.41) is 12.2. The van der Waals surface area contributed by atoms with Crippen LogP contribution in [0.3, 0.4) is 0 Å². The lowest BCUT2D eigenvalue weighted by Crippen LogP contribution is -2.49. The third-order valence-electron chi connectivity index (χ3n) is 3.68. The Labute approximate surface area is 167 Å². The van der Waals surface area contributed by atoms with Crippen molar-refractivity contribution in [2.24, 2.45) is 0 Å². The minimum absolute atomic E-state index is 0.0264. The largest absolute Gasteiger partial charge is 0.456 e. The Bertz CT molecular complexity index is 1080. The molecule has 27 heavy (non-hydrogen) atoms. The minimum Gasteiger partial charge on any atom is -0.456 e. The number of nitrogens with zero attached hydrogens (tertiary/aromatic N) is 2. The van der Waals surface area contributed by atoms with Crippen molar-refractivity contribution in [1.29, 1.82) is 5.26 Å². The van der Waals surface area contributed by atoms with Gasteiger partial charge in [-0.2, -0.15) is 9.57 Å². The molecule has 7 nitrogen and oxygen atoms in total. The molecule has 1 aliphatic rings. The van der Waals surface area contributed by atoms with Crippen LogP contribution in [0.2, 0.25) is 10.0 Å². The molecule has 1 heterocycles. The maximum atomic E-state index is 13.1. The van der Waals surface area contributed by atoms with Crippen LogP contribution < -0.4 is 10.1 Å². The number of hydrogen-bond donors (Lipinski definition) is 1. The number of ether oxygens (including phenoxy) is 1. The topological polar surface area (TPSA) is 99.5 Å². The van der Waals surface area contributed by atoms with Gasteiger partial charge in [0.1, 0.15) is 16.4 Å². The molecule has 1 fully saturated rings. The number of nitrogens with one attached hydrogen (secondary N) is 1. The average Bonchev–Trinajstić information content (AvgIpc) is 2.62. The standard InChI is InChI=1S/C17H13Cl2N3O4S/c18-12-6-13(19)8-14(7-12)26-15-2-1-11(9-20)5-16(15)27(24,25)22-4-3-21-17(23)10-22/h1-2,5-8H,3-4,10H2,(H,21,23)/i2D. The molecule has 0 spiro atoms. The second-order valence-corrected chi connectivity index (χ2v) is 8.37. The molecule has 140 valence electrons. The van der Waals surface area contributed by atoms with Gasteiger partial charge in [-0.1, -0.05) is 23.2 Å². The van der Waals surface area contributed by atoms with Gasteiger partial charge in [0.2, 0.25) is 15.9 Å². The monoisotopic (exact) mass is 426 g/mol. The van der Waals surface area contributed by atoms with Gasteiger partial charge in [-0.05, 0) is 36.4 Å². The van der Waals surface area contributed by atoms with Crippen molar-refractivity contribution in [3.63, 3.8) is 0 Å². The first-order valence-electron chi connectivity index (χ1n) is 8.16. The van der Waals surface area contributed by atoms with Gasteiger partial charge in [0.15, 0.2) is 0 Å². The third-order valence-corrected chi connectivity index (χ3v) is 5.96. The van der Waals surface area contributed by atoms with Gasteiger partial charge in [-0.15, -0.1) is 0 Å². The number of amides is 1. The van der Waals surface area contributed by atoms with E-state index in [0.717, 1.165) is 10.4 Å². The van der Waals surface area contributed by atoms with E-state index >= 15 is 0 Å². The molecule has 3 rings (SSSR count). The van der Waals surface area contributed by atoms with Crippen LogP contribution in [-0.2, 0) is 14.8 Å². The van der Waals surface area contributed by atoms with Crippen molar-refractivity contribution in [1.82, 2.24) is 9.62 Å². The smallest absolute Gasteiger partial charge is 0.247 e. The second-order valence-electron chi connectivity index (χ2n) is 5.59. The van der Waals surface area contributed by atoms with E-state index in [1.54, 1.807) is 0 Å². The molecule has 1 aliphatic heterocycles. The van der Waals surface area contributed by atoms with E-state index in [1.807, 2.05) is 6.07 Å². The highest BCUT2D eigenvalue weighted by Crippen LogP contribution is 2.34. The third kappa shape index (κ3) is 4.34. The number of sulfonamides is 1. The predicted octanol–water partition coefficient (Wildman–Crippen LogP) is 2.78. The molecule has 1 saturated heterocycles. The Kier molecular flexibility index (Phi) is 5.18. The van der Waals surface area contributed by atoms with Gasteiger partial charge < -0.3 is 10.1 Å². The lowest BCUT2D eigenvalue weighted by Gasteiger charge is -2.26. The molecule has 10 heteroatoms. The first kappa shape index (κ1) is 18.1. The minimum atomic E-state index is -4.21. The lowest BCUT2D eigenvalue weighted by atomic mass is 10.2. The molecular formula is C17H13Cl2N3O4S. The first-order chi connectivity index (χ1) is 13.2. The zero-order valence-electron chi connectivity index (χ0n) is 14.7. The summed E-state index contributed by atoms with van der Waals surface area (Å²) in [4.78, 5) is 11.2. The molecule has 0 atom stereocenters. The number of carbonyl (C=O) groups is 1. The molecule has 1 N–H and O–H groups in total. The molecule has 0 aliphatic carbocycles. The van der Waals surface area contributed by atoms with Crippen LogP contribution in [0.5, 0.6) is 11.5 Å². The van der Waals surface area contributed by atoms with Crippen molar-refractivity contribution in [3.8, 4) is 17.6 Å². The average molecular weight is 427 g/mol. The quantitative estimate of drug-likeness (QED) is 0.809. The van der Waals surface area contributed by atoms with Gasteiger partial charge >= 0.3 is 0 Å². The Morgan fingerprint density at radius 2 is 1.96 bits per heavy atom. The fraction of sp³-hybridized carbons (Fsp3) is 0.176. The second kappa shape index (κ2) is 7.74. The normalized spacial score (nSPS) is 15.6. The van der Waals surface area contributed by atoms with Crippen molar-refractivity contribution in [2.75, 3.05) is 19.6 Å².